The number of methoxy groups -OCH3 is 1. The van der Waals surface area contributed by atoms with Crippen molar-refractivity contribution in [1.82, 2.24) is 4.90 Å². The second-order valence-electron chi connectivity index (χ2n) is 5.37. The van der Waals surface area contributed by atoms with Gasteiger partial charge in [-0.05, 0) is 44.2 Å². The summed E-state index contributed by atoms with van der Waals surface area (Å²) in [6, 6.07) is 8.93. The van der Waals surface area contributed by atoms with Gasteiger partial charge in [-0.1, -0.05) is 11.6 Å². The molecule has 128 valence electrons. The Bertz CT molecular complexity index is 742. The number of nitrogens with zero attached hydrogens (tertiary/aromatic N) is 1. The van der Waals surface area contributed by atoms with E-state index >= 15 is 0 Å². The van der Waals surface area contributed by atoms with Crippen LogP contribution in [0.3, 0.4) is 0 Å². The van der Waals surface area contributed by atoms with Crippen LogP contribution in [-0.4, -0.2) is 30.2 Å². The zero-order valence-corrected chi connectivity index (χ0v) is 15.5. The van der Waals surface area contributed by atoms with Crippen LogP contribution in [0.15, 0.2) is 30.3 Å². The van der Waals surface area contributed by atoms with Gasteiger partial charge in [-0.25, -0.2) is 0 Å². The topological polar surface area (TPSA) is 46.6 Å². The van der Waals surface area contributed by atoms with E-state index in [-0.39, 0.29) is 18.1 Å². The Hall–Kier alpha value is -1.85. The van der Waals surface area contributed by atoms with Gasteiger partial charge in [-0.3, -0.25) is 9.59 Å². The van der Waals surface area contributed by atoms with E-state index in [1.54, 1.807) is 30.2 Å². The average Bonchev–Trinajstić information content (AvgIpc) is 2.97. The fourth-order valence-electron chi connectivity index (χ4n) is 2.41. The van der Waals surface area contributed by atoms with Crippen LogP contribution in [0.2, 0.25) is 4.34 Å². The van der Waals surface area contributed by atoms with Gasteiger partial charge in [0.2, 0.25) is 5.91 Å². The predicted octanol–water partition coefficient (Wildman–Crippen LogP) is 4.20. The lowest BCUT2D eigenvalue weighted by atomic mass is 10.0. The number of carbonyl (C=O) groups is 2. The van der Waals surface area contributed by atoms with Crippen molar-refractivity contribution in [3.63, 3.8) is 0 Å². The standard InChI is InChI=1S/C18H20ClNO3S/c1-4-20(11-15-6-8-17(19)24-15)18(22)10-14-9-13(12(2)21)5-7-16(14)23-3/h5-9H,4,10-11H2,1-3H3. The first-order valence-corrected chi connectivity index (χ1v) is 8.83. The van der Waals surface area contributed by atoms with Crippen LogP contribution in [0, 0.1) is 0 Å². The molecule has 0 radical (unpaired) electrons. The highest BCUT2D eigenvalue weighted by Gasteiger charge is 2.17. The van der Waals surface area contributed by atoms with Gasteiger partial charge in [-0.15, -0.1) is 11.3 Å². The van der Waals surface area contributed by atoms with Crippen LogP contribution in [0.25, 0.3) is 0 Å². The van der Waals surface area contributed by atoms with Gasteiger partial charge in [0, 0.05) is 22.5 Å². The third kappa shape index (κ3) is 4.58. The van der Waals surface area contributed by atoms with E-state index in [9.17, 15) is 9.59 Å². The fourth-order valence-corrected chi connectivity index (χ4v) is 3.51. The first-order valence-electron chi connectivity index (χ1n) is 7.64. The second kappa shape index (κ2) is 8.31. The molecule has 0 saturated heterocycles. The molecule has 0 atom stereocenters. The molecule has 0 aliphatic carbocycles. The molecule has 0 N–H and O–H groups in total. The van der Waals surface area contributed by atoms with Crippen LogP contribution in [0.4, 0.5) is 0 Å². The number of likely N-dealkylation sites (N-methyl/N-ethyl adjacent to an activating group) is 1. The maximum Gasteiger partial charge on any atom is 0.227 e. The molecular formula is C18H20ClNO3S. The summed E-state index contributed by atoms with van der Waals surface area (Å²) < 4.78 is 6.03. The Kier molecular flexibility index (Phi) is 6.40. The number of amides is 1. The number of rotatable bonds is 7. The molecule has 1 aromatic heterocycles. The monoisotopic (exact) mass is 365 g/mol. The molecule has 0 spiro atoms. The van der Waals surface area contributed by atoms with E-state index in [0.29, 0.717) is 28.7 Å². The summed E-state index contributed by atoms with van der Waals surface area (Å²) in [5.41, 5.74) is 1.30. The Morgan fingerprint density at radius 2 is 2.00 bits per heavy atom. The predicted molar refractivity (Wildman–Crippen MR) is 97.1 cm³/mol. The van der Waals surface area contributed by atoms with Crippen molar-refractivity contribution < 1.29 is 14.3 Å². The SMILES string of the molecule is CCN(Cc1ccc(Cl)s1)C(=O)Cc1cc(C(C)=O)ccc1OC. The number of thiophene rings is 1. The van der Waals surface area contributed by atoms with Crippen molar-refractivity contribution in [2.24, 2.45) is 0 Å². The molecule has 4 nitrogen and oxygen atoms in total. The molecule has 1 aromatic carbocycles. The molecular weight excluding hydrogens is 346 g/mol. The van der Waals surface area contributed by atoms with Crippen molar-refractivity contribution >= 4 is 34.6 Å². The Morgan fingerprint density at radius 3 is 2.54 bits per heavy atom. The third-order valence-corrected chi connectivity index (χ3v) is 4.95. The normalized spacial score (nSPS) is 10.5. The minimum atomic E-state index is -0.0353. The number of halogens is 1. The molecule has 0 bridgehead atoms. The lowest BCUT2D eigenvalue weighted by Crippen LogP contribution is -2.31. The summed E-state index contributed by atoms with van der Waals surface area (Å²) in [5, 5.41) is 0. The number of Topliss-reactive ketones (excluding diaryl/α,β-unsaturated/α-hetero) is 1. The smallest absolute Gasteiger partial charge is 0.227 e. The summed E-state index contributed by atoms with van der Waals surface area (Å²) >= 11 is 7.42. The summed E-state index contributed by atoms with van der Waals surface area (Å²) in [4.78, 5) is 27.0. The molecule has 2 rings (SSSR count). The summed E-state index contributed by atoms with van der Waals surface area (Å²) in [6.07, 6.45) is 0.192. The zero-order chi connectivity index (χ0) is 17.7. The van der Waals surface area contributed by atoms with Crippen molar-refractivity contribution in [3.05, 3.63) is 50.7 Å². The second-order valence-corrected chi connectivity index (χ2v) is 7.17. The van der Waals surface area contributed by atoms with Gasteiger partial charge in [0.15, 0.2) is 5.78 Å². The number of hydrogen-bond donors (Lipinski definition) is 0. The lowest BCUT2D eigenvalue weighted by Gasteiger charge is -2.21. The summed E-state index contributed by atoms with van der Waals surface area (Å²) in [5.74, 6) is 0.566. The number of hydrogen-bond acceptors (Lipinski definition) is 4. The molecule has 1 amide bonds. The van der Waals surface area contributed by atoms with Crippen LogP contribution in [-0.2, 0) is 17.8 Å². The van der Waals surface area contributed by atoms with Crippen molar-refractivity contribution in [3.8, 4) is 5.75 Å². The first kappa shape index (κ1) is 18.5. The van der Waals surface area contributed by atoms with Gasteiger partial charge >= 0.3 is 0 Å². The van der Waals surface area contributed by atoms with Crippen LogP contribution in [0.1, 0.15) is 34.6 Å². The maximum atomic E-state index is 12.7. The zero-order valence-electron chi connectivity index (χ0n) is 14.0. The van der Waals surface area contributed by atoms with Crippen molar-refractivity contribution in [2.75, 3.05) is 13.7 Å². The lowest BCUT2D eigenvalue weighted by molar-refractivity contribution is -0.130. The third-order valence-electron chi connectivity index (χ3n) is 3.74. The molecule has 24 heavy (non-hydrogen) atoms. The molecule has 0 aliphatic heterocycles. The van der Waals surface area contributed by atoms with Gasteiger partial charge in [-0.2, -0.15) is 0 Å². The first-order chi connectivity index (χ1) is 11.4. The largest absolute Gasteiger partial charge is 0.496 e. The highest BCUT2D eigenvalue weighted by atomic mass is 35.5. The Balaban J connectivity index is 2.17. The van der Waals surface area contributed by atoms with Crippen LogP contribution < -0.4 is 4.74 Å². The van der Waals surface area contributed by atoms with Crippen molar-refractivity contribution in [2.45, 2.75) is 26.8 Å². The van der Waals surface area contributed by atoms with Gasteiger partial charge in [0.05, 0.1) is 24.4 Å². The fraction of sp³-hybridized carbons (Fsp3) is 0.333. The van der Waals surface area contributed by atoms with E-state index in [1.807, 2.05) is 19.1 Å². The van der Waals surface area contributed by atoms with E-state index in [4.69, 9.17) is 16.3 Å². The Labute approximate surface area is 151 Å². The number of ketones is 1. The molecule has 2 aromatic rings. The number of carbonyl (C=O) groups excluding carboxylic acids is 2. The minimum Gasteiger partial charge on any atom is -0.496 e. The molecule has 0 unspecified atom stereocenters. The van der Waals surface area contributed by atoms with E-state index in [1.165, 1.54) is 18.3 Å². The highest BCUT2D eigenvalue weighted by Crippen LogP contribution is 2.24. The number of ether oxygens (including phenoxy) is 1. The average molecular weight is 366 g/mol. The van der Waals surface area contributed by atoms with Gasteiger partial charge < -0.3 is 9.64 Å². The molecule has 0 saturated carbocycles. The summed E-state index contributed by atoms with van der Waals surface area (Å²) in [7, 11) is 1.56. The summed E-state index contributed by atoms with van der Waals surface area (Å²) in [6.45, 7) is 4.58. The minimum absolute atomic E-state index is 0.0129. The number of benzene rings is 1. The molecule has 6 heteroatoms. The van der Waals surface area contributed by atoms with Gasteiger partial charge in [0.1, 0.15) is 5.75 Å². The Morgan fingerprint density at radius 1 is 1.25 bits per heavy atom. The van der Waals surface area contributed by atoms with E-state index in [2.05, 4.69) is 0 Å². The van der Waals surface area contributed by atoms with E-state index in [0.717, 1.165) is 10.4 Å². The molecule has 0 aliphatic rings. The molecule has 1 heterocycles. The van der Waals surface area contributed by atoms with E-state index < -0.39 is 0 Å². The van der Waals surface area contributed by atoms with Gasteiger partial charge in [0.25, 0.3) is 0 Å². The van der Waals surface area contributed by atoms with Crippen LogP contribution >= 0.6 is 22.9 Å². The molecule has 0 fully saturated rings. The quantitative estimate of drug-likeness (QED) is 0.691. The van der Waals surface area contributed by atoms with Crippen LogP contribution in [0.5, 0.6) is 5.75 Å². The van der Waals surface area contributed by atoms with Crippen molar-refractivity contribution in [1.29, 1.82) is 0 Å². The highest BCUT2D eigenvalue weighted by molar-refractivity contribution is 7.16. The maximum absolute atomic E-state index is 12.7.